The van der Waals surface area contributed by atoms with Gasteiger partial charge in [-0.15, -0.1) is 0 Å². The summed E-state index contributed by atoms with van der Waals surface area (Å²) in [7, 11) is 0. The molecule has 0 unspecified atom stereocenters. The number of nitrogens with zero attached hydrogens (tertiary/aromatic N) is 4. The van der Waals surface area contributed by atoms with E-state index in [1.54, 1.807) is 18.6 Å². The van der Waals surface area contributed by atoms with Crippen LogP contribution in [-0.4, -0.2) is 21.9 Å². The molecule has 2 aromatic heterocycles. The number of pyridine rings is 2. The Morgan fingerprint density at radius 3 is 2.24 bits per heavy atom. The molecule has 0 saturated heterocycles. The average Bonchev–Trinajstić information content (AvgIpc) is 2.84. The highest BCUT2D eigenvalue weighted by molar-refractivity contribution is 6.38. The molecule has 0 atom stereocenters. The van der Waals surface area contributed by atoms with Crippen LogP contribution in [0.5, 0.6) is 0 Å². The molecule has 4 rings (SSSR count). The Morgan fingerprint density at radius 1 is 0.853 bits per heavy atom. The maximum atomic E-state index is 6.22. The smallest absolute Gasteiger partial charge is 0.108 e. The summed E-state index contributed by atoms with van der Waals surface area (Å²) in [6.07, 6.45) is 5.06. The van der Waals surface area contributed by atoms with E-state index >= 15 is 0 Å². The molecule has 0 spiro atoms. The minimum atomic E-state index is 0.558. The number of nitrogens with one attached hydrogen (secondary N) is 2. The predicted molar refractivity (Wildman–Crippen MR) is 141 cm³/mol. The van der Waals surface area contributed by atoms with E-state index in [9.17, 15) is 0 Å². The third kappa shape index (κ3) is 5.96. The lowest BCUT2D eigenvalue weighted by atomic mass is 10.1. The van der Waals surface area contributed by atoms with Crippen molar-refractivity contribution >= 4 is 52.0 Å². The summed E-state index contributed by atoms with van der Waals surface area (Å²) < 4.78 is 0. The molecule has 2 heterocycles. The number of rotatable bonds is 7. The molecule has 4 N–H and O–H groups in total. The minimum Gasteiger partial charge on any atom is -0.355 e. The van der Waals surface area contributed by atoms with Crippen LogP contribution in [0.1, 0.15) is 17.0 Å². The number of hydrogen-bond donors (Lipinski definition) is 3. The van der Waals surface area contributed by atoms with Crippen LogP contribution < -0.4 is 16.5 Å². The lowest BCUT2D eigenvalue weighted by Crippen LogP contribution is -2.06. The van der Waals surface area contributed by atoms with Gasteiger partial charge in [-0.05, 0) is 68.4 Å². The number of aliphatic imine (C=N–C) groups is 1. The first kappa shape index (κ1) is 22.9. The van der Waals surface area contributed by atoms with Gasteiger partial charge in [-0.2, -0.15) is 5.10 Å². The zero-order chi connectivity index (χ0) is 23.9. The second-order valence-corrected chi connectivity index (χ2v) is 8.05. The van der Waals surface area contributed by atoms with Crippen LogP contribution in [0.4, 0.5) is 28.4 Å². The molecular formula is C26H24ClN7. The standard InChI is InChI=1S/C26H24ClN7/c1-17-13-23(11-12-29-17)32-21-9-7-20(8-10-21)31-16-26(34-28)19-3-5-22(6-4-19)33-25-14-18(2)30-15-24(25)27/h3-16H,28H2,1-2H3,(H,29,32)(H,30,33). The van der Waals surface area contributed by atoms with E-state index in [2.05, 4.69) is 30.7 Å². The van der Waals surface area contributed by atoms with Crippen molar-refractivity contribution in [1.82, 2.24) is 9.97 Å². The molecule has 7 nitrogen and oxygen atoms in total. The summed E-state index contributed by atoms with van der Waals surface area (Å²) in [5.74, 6) is 5.63. The first-order valence-electron chi connectivity index (χ1n) is 10.6. The van der Waals surface area contributed by atoms with Crippen molar-refractivity contribution in [2.75, 3.05) is 10.6 Å². The molecule has 8 heteroatoms. The molecular weight excluding hydrogens is 446 g/mol. The van der Waals surface area contributed by atoms with E-state index in [1.807, 2.05) is 80.6 Å². The summed E-state index contributed by atoms with van der Waals surface area (Å²) in [6.45, 7) is 3.88. The van der Waals surface area contributed by atoms with Gasteiger partial charge >= 0.3 is 0 Å². The van der Waals surface area contributed by atoms with Gasteiger partial charge in [-0.1, -0.05) is 23.7 Å². The number of hydrogen-bond acceptors (Lipinski definition) is 7. The fraction of sp³-hybridized carbons (Fsp3) is 0.0769. The van der Waals surface area contributed by atoms with Crippen molar-refractivity contribution < 1.29 is 0 Å². The summed E-state index contributed by atoms with van der Waals surface area (Å²) in [5.41, 5.74) is 7.68. The second-order valence-electron chi connectivity index (χ2n) is 7.64. The van der Waals surface area contributed by atoms with Gasteiger partial charge in [-0.3, -0.25) is 15.0 Å². The highest BCUT2D eigenvalue weighted by Gasteiger charge is 2.05. The van der Waals surface area contributed by atoms with E-state index < -0.39 is 0 Å². The molecule has 0 aliphatic carbocycles. The van der Waals surface area contributed by atoms with E-state index in [0.717, 1.165) is 45.4 Å². The van der Waals surface area contributed by atoms with E-state index in [-0.39, 0.29) is 0 Å². The topological polar surface area (TPSA) is 101 Å². The molecule has 0 aliphatic heterocycles. The Hall–Kier alpha value is -4.23. The zero-order valence-corrected chi connectivity index (χ0v) is 19.6. The summed E-state index contributed by atoms with van der Waals surface area (Å²) >= 11 is 6.22. The van der Waals surface area contributed by atoms with Crippen molar-refractivity contribution in [2.45, 2.75) is 13.8 Å². The van der Waals surface area contributed by atoms with Gasteiger partial charge in [0.1, 0.15) is 5.71 Å². The Bertz CT molecular complexity index is 1330. The van der Waals surface area contributed by atoms with E-state index in [0.29, 0.717) is 10.7 Å². The Morgan fingerprint density at radius 2 is 1.53 bits per heavy atom. The second kappa shape index (κ2) is 10.6. The van der Waals surface area contributed by atoms with Crippen molar-refractivity contribution in [2.24, 2.45) is 15.9 Å². The third-order valence-electron chi connectivity index (χ3n) is 4.98. The molecule has 34 heavy (non-hydrogen) atoms. The highest BCUT2D eigenvalue weighted by Crippen LogP contribution is 2.25. The largest absolute Gasteiger partial charge is 0.355 e. The molecule has 0 bridgehead atoms. The Balaban J connectivity index is 1.41. The van der Waals surface area contributed by atoms with Crippen molar-refractivity contribution in [3.05, 3.63) is 101 Å². The molecule has 2 aromatic carbocycles. The summed E-state index contributed by atoms with van der Waals surface area (Å²) in [6, 6.07) is 21.3. The van der Waals surface area contributed by atoms with Crippen LogP contribution in [0.25, 0.3) is 0 Å². The quantitative estimate of drug-likeness (QED) is 0.167. The number of nitrogens with two attached hydrogens (primary N) is 1. The Labute approximate surface area is 203 Å². The van der Waals surface area contributed by atoms with Gasteiger partial charge < -0.3 is 16.5 Å². The molecule has 170 valence electrons. The first-order chi connectivity index (χ1) is 16.5. The molecule has 0 saturated carbocycles. The molecule has 0 amide bonds. The lowest BCUT2D eigenvalue weighted by Gasteiger charge is -2.09. The van der Waals surface area contributed by atoms with Crippen molar-refractivity contribution in [3.63, 3.8) is 0 Å². The van der Waals surface area contributed by atoms with Crippen LogP contribution >= 0.6 is 11.6 Å². The maximum Gasteiger partial charge on any atom is 0.108 e. The van der Waals surface area contributed by atoms with E-state index in [4.69, 9.17) is 17.4 Å². The average molecular weight is 470 g/mol. The fourth-order valence-electron chi connectivity index (χ4n) is 3.26. The molecule has 4 aromatic rings. The van der Waals surface area contributed by atoms with E-state index in [1.165, 1.54) is 0 Å². The van der Waals surface area contributed by atoms with Crippen LogP contribution in [0, 0.1) is 13.8 Å². The summed E-state index contributed by atoms with van der Waals surface area (Å²) in [4.78, 5) is 12.9. The highest BCUT2D eigenvalue weighted by atomic mass is 35.5. The fourth-order valence-corrected chi connectivity index (χ4v) is 3.41. The predicted octanol–water partition coefficient (Wildman–Crippen LogP) is 6.30. The van der Waals surface area contributed by atoms with Gasteiger partial charge in [-0.25, -0.2) is 0 Å². The maximum absolute atomic E-state index is 6.22. The zero-order valence-electron chi connectivity index (χ0n) is 18.8. The number of hydrazone groups is 1. The SMILES string of the molecule is Cc1cc(Nc2ccc(N=CC(=NN)c3ccc(Nc4cc(C)ncc4Cl)cc3)cc2)ccn1. The molecule has 0 aliphatic rings. The Kier molecular flexibility index (Phi) is 7.15. The number of aryl methyl sites for hydroxylation is 2. The van der Waals surface area contributed by atoms with Gasteiger partial charge in [0, 0.05) is 46.4 Å². The van der Waals surface area contributed by atoms with Crippen molar-refractivity contribution in [1.29, 1.82) is 0 Å². The van der Waals surface area contributed by atoms with Gasteiger partial charge in [0.25, 0.3) is 0 Å². The number of halogens is 1. The van der Waals surface area contributed by atoms with Crippen LogP contribution in [0.2, 0.25) is 5.02 Å². The number of anilines is 4. The van der Waals surface area contributed by atoms with Crippen molar-refractivity contribution in [3.8, 4) is 0 Å². The summed E-state index contributed by atoms with van der Waals surface area (Å²) in [5, 5.41) is 11.1. The monoisotopic (exact) mass is 469 g/mol. The molecule has 0 fully saturated rings. The molecule has 0 radical (unpaired) electrons. The van der Waals surface area contributed by atoms with Gasteiger partial charge in [0.05, 0.1) is 22.6 Å². The first-order valence-corrected chi connectivity index (χ1v) is 11.0. The normalized spacial score (nSPS) is 11.6. The number of aromatic nitrogens is 2. The number of benzene rings is 2. The van der Waals surface area contributed by atoms with Gasteiger partial charge in [0.2, 0.25) is 0 Å². The van der Waals surface area contributed by atoms with Crippen LogP contribution in [0.3, 0.4) is 0 Å². The minimum absolute atomic E-state index is 0.558. The van der Waals surface area contributed by atoms with Crippen LogP contribution in [0.15, 0.2) is 89.2 Å². The third-order valence-corrected chi connectivity index (χ3v) is 5.28. The van der Waals surface area contributed by atoms with Gasteiger partial charge in [0.15, 0.2) is 0 Å². The van der Waals surface area contributed by atoms with Crippen LogP contribution in [-0.2, 0) is 0 Å². The lowest BCUT2D eigenvalue weighted by molar-refractivity contribution is 1.20.